The van der Waals surface area contributed by atoms with Crippen LogP contribution in [0.15, 0.2) is 0 Å². The summed E-state index contributed by atoms with van der Waals surface area (Å²) in [5, 5.41) is 0. The van der Waals surface area contributed by atoms with E-state index in [4.69, 9.17) is 0 Å². The van der Waals surface area contributed by atoms with Crippen LogP contribution in [0.25, 0.3) is 0 Å². The molecule has 0 bridgehead atoms. The van der Waals surface area contributed by atoms with Gasteiger partial charge in [-0.05, 0) is 0 Å². The van der Waals surface area contributed by atoms with Crippen LogP contribution in [0, 0.1) is 6.15 Å². The molecule has 0 aromatic carbocycles. The number of rotatable bonds is 3. The molecule has 0 unspecified atom stereocenters. The molecule has 0 fully saturated rings. The second-order valence-electron chi connectivity index (χ2n) is 1.20. The molecule has 0 aliphatic carbocycles. The van der Waals surface area contributed by atoms with E-state index in [2.05, 4.69) is 0 Å². The first-order valence-electron chi connectivity index (χ1n) is 2.20. The van der Waals surface area contributed by atoms with Gasteiger partial charge in [-0.3, -0.25) is 0 Å². The summed E-state index contributed by atoms with van der Waals surface area (Å²) in [6.45, 7) is 0. The Morgan fingerprint density at radius 2 is 2.43 bits per heavy atom. The molecule has 0 amide bonds. The van der Waals surface area contributed by atoms with E-state index in [1.165, 1.54) is 0 Å². The summed E-state index contributed by atoms with van der Waals surface area (Å²) >= 11 is 0. The predicted octanol–water partition coefficient (Wildman–Crippen LogP) is 0.745. The average Bonchev–Trinajstić information content (AvgIpc) is 1.69. The van der Waals surface area contributed by atoms with Crippen molar-refractivity contribution in [2.24, 2.45) is 0 Å². The molecule has 0 atom stereocenters. The average molecular weight is 99.1 g/mol. The van der Waals surface area contributed by atoms with Gasteiger partial charge in [0.2, 0.25) is 0 Å². The molecule has 0 aromatic rings. The number of hydrogen-bond acceptors (Lipinski definition) is 1. The third-order valence-electron chi connectivity index (χ3n) is 0.601. The van der Waals surface area contributed by atoms with Crippen LogP contribution < -0.4 is 0 Å². The number of hydrogen-bond donors (Lipinski definition) is 0. The maximum absolute atomic E-state index is 9.55. The van der Waals surface area contributed by atoms with E-state index in [0.29, 0.717) is 19.3 Å². The van der Waals surface area contributed by atoms with Crippen LogP contribution in [0.1, 0.15) is 19.3 Å². The topological polar surface area (TPSA) is 37.0 Å². The molecule has 0 radical (unpaired) electrons. The monoisotopic (exact) mass is 99.0 g/mol. The van der Waals surface area contributed by atoms with E-state index in [1.54, 1.807) is 6.15 Å². The summed E-state index contributed by atoms with van der Waals surface area (Å²) < 4.78 is 9.44. The zero-order valence-electron chi connectivity index (χ0n) is 4.02. The zero-order chi connectivity index (χ0) is 5.54. The summed E-state index contributed by atoms with van der Waals surface area (Å²) in [7, 11) is 0. The molecule has 38 valence electrons. The zero-order valence-corrected chi connectivity index (χ0v) is 4.02. The Hall–Kier alpha value is -0.590. The van der Waals surface area contributed by atoms with Gasteiger partial charge in [-0.15, -0.1) is 0 Å². The molecule has 0 rings (SSSR count). The molecular weight excluding hydrogens is 92.1 g/mol. The van der Waals surface area contributed by atoms with Gasteiger partial charge in [-0.25, -0.2) is 0 Å². The van der Waals surface area contributed by atoms with Crippen molar-refractivity contribution in [2.75, 3.05) is 0 Å². The number of carbonyl (C=O) groups is 1. The summed E-state index contributed by atoms with van der Waals surface area (Å²) in [4.78, 5) is 9.55. The Kier molecular flexibility index (Phi) is 4.95. The molecule has 0 N–H and O–H groups in total. The van der Waals surface area contributed by atoms with Gasteiger partial charge in [0.25, 0.3) is 0 Å². The second kappa shape index (κ2) is 5.41. The number of unbranched alkanes of at least 4 members (excludes halogenated alkanes) is 2. The van der Waals surface area contributed by atoms with Crippen molar-refractivity contribution >= 4 is 6.29 Å². The molecule has 0 saturated heterocycles. The van der Waals surface area contributed by atoms with Gasteiger partial charge in [0.1, 0.15) is 0 Å². The minimum absolute atomic E-state index is 0.388. The van der Waals surface area contributed by atoms with Crippen molar-refractivity contribution in [1.29, 1.82) is 0 Å². The third-order valence-corrected chi connectivity index (χ3v) is 0.601. The summed E-state index contributed by atoms with van der Waals surface area (Å²) in [5.74, 6) is 0. The standard InChI is InChI=1S/C5H7O2/c6-4-2-1-3-5-7/h4H,1-3H2/q+1. The minimum atomic E-state index is 0.388. The Morgan fingerprint density at radius 1 is 1.71 bits per heavy atom. The molecule has 0 heterocycles. The van der Waals surface area contributed by atoms with Crippen molar-refractivity contribution in [1.82, 2.24) is 0 Å². The van der Waals surface area contributed by atoms with Crippen LogP contribution >= 0.6 is 0 Å². The summed E-state index contributed by atoms with van der Waals surface area (Å²) in [6.07, 6.45) is 4.01. The van der Waals surface area contributed by atoms with Crippen LogP contribution in [-0.4, -0.2) is 6.29 Å². The van der Waals surface area contributed by atoms with Gasteiger partial charge >= 0.3 is 41.1 Å². The van der Waals surface area contributed by atoms with Gasteiger partial charge in [-0.2, -0.15) is 0 Å². The molecule has 0 saturated carbocycles. The van der Waals surface area contributed by atoms with Crippen molar-refractivity contribution in [2.45, 2.75) is 19.3 Å². The fraction of sp³-hybridized carbons (Fsp3) is 0.600. The van der Waals surface area contributed by atoms with Crippen LogP contribution in [0.2, 0.25) is 0 Å². The van der Waals surface area contributed by atoms with E-state index < -0.39 is 0 Å². The van der Waals surface area contributed by atoms with Gasteiger partial charge in [-0.1, -0.05) is 0 Å². The van der Waals surface area contributed by atoms with E-state index in [1.807, 2.05) is 0 Å². The Labute approximate surface area is 42.2 Å². The summed E-state index contributed by atoms with van der Waals surface area (Å²) in [6, 6.07) is 0. The first-order valence-corrected chi connectivity index (χ1v) is 2.20. The Morgan fingerprint density at radius 3 is 2.86 bits per heavy atom. The fourth-order valence-corrected chi connectivity index (χ4v) is 0.258. The molecule has 0 aromatic heterocycles. The molecule has 0 spiro atoms. The predicted molar refractivity (Wildman–Crippen MR) is 24.5 cm³/mol. The summed E-state index contributed by atoms with van der Waals surface area (Å²) in [5.41, 5.74) is 0. The van der Waals surface area contributed by atoms with E-state index in [0.717, 1.165) is 6.29 Å². The number of carbonyl (C=O) groups excluding carboxylic acids is 1. The van der Waals surface area contributed by atoms with Crippen molar-refractivity contribution in [3.63, 3.8) is 0 Å². The van der Waals surface area contributed by atoms with Crippen LogP contribution in [0.3, 0.4) is 0 Å². The molecule has 7 heavy (non-hydrogen) atoms. The fourth-order valence-electron chi connectivity index (χ4n) is 0.258. The van der Waals surface area contributed by atoms with E-state index >= 15 is 0 Å². The van der Waals surface area contributed by atoms with Crippen LogP contribution in [0.4, 0.5) is 0 Å². The molecule has 2 heteroatoms. The first-order chi connectivity index (χ1) is 3.41. The number of aldehydes is 1. The van der Waals surface area contributed by atoms with E-state index in [9.17, 15) is 9.45 Å². The Balaban J connectivity index is 2.72. The van der Waals surface area contributed by atoms with Gasteiger partial charge in [0.15, 0.2) is 0 Å². The van der Waals surface area contributed by atoms with Crippen LogP contribution in [-0.2, 0) is 9.45 Å². The third kappa shape index (κ3) is 5.41. The molecular formula is C5H7O2+. The Bertz CT molecular complexity index is 80.6. The quantitative estimate of drug-likeness (QED) is 0.292. The first kappa shape index (κ1) is 6.41. The molecule has 0 aliphatic heterocycles. The van der Waals surface area contributed by atoms with Gasteiger partial charge in [0, 0.05) is 0 Å². The van der Waals surface area contributed by atoms with Gasteiger partial charge in [0.05, 0.1) is 0 Å². The van der Waals surface area contributed by atoms with E-state index in [-0.39, 0.29) is 0 Å². The van der Waals surface area contributed by atoms with Crippen molar-refractivity contribution in [3.8, 4) is 6.15 Å². The SMILES string of the molecule is O=CCCCC#[O+]. The van der Waals surface area contributed by atoms with Gasteiger partial charge < -0.3 is 0 Å². The normalized spacial score (nSPS) is 7.29. The maximum atomic E-state index is 9.55. The van der Waals surface area contributed by atoms with Crippen LogP contribution in [0.5, 0.6) is 0 Å². The molecule has 2 nitrogen and oxygen atoms in total. The van der Waals surface area contributed by atoms with Crippen molar-refractivity contribution in [3.05, 3.63) is 0 Å². The molecule has 0 aliphatic rings. The van der Waals surface area contributed by atoms with Crippen molar-refractivity contribution < 1.29 is 9.45 Å². The second-order valence-corrected chi connectivity index (χ2v) is 1.20.